The number of nitrogens with two attached hydrogens (primary N) is 1. The highest BCUT2D eigenvalue weighted by atomic mass is 16.5. The van der Waals surface area contributed by atoms with Crippen molar-refractivity contribution in [2.24, 2.45) is 5.73 Å². The van der Waals surface area contributed by atoms with E-state index in [9.17, 15) is 0 Å². The Kier molecular flexibility index (Phi) is 3.24. The van der Waals surface area contributed by atoms with Crippen LogP contribution in [0.5, 0.6) is 0 Å². The van der Waals surface area contributed by atoms with E-state index in [0.717, 1.165) is 0 Å². The van der Waals surface area contributed by atoms with Gasteiger partial charge in [-0.05, 0) is 50.5 Å². The van der Waals surface area contributed by atoms with Gasteiger partial charge in [-0.2, -0.15) is 0 Å². The average molecular weight is 195 g/mol. The molecule has 0 amide bonds. The second-order valence-electron chi connectivity index (χ2n) is 4.58. The van der Waals surface area contributed by atoms with Gasteiger partial charge in [-0.3, -0.25) is 0 Å². The third-order valence-corrected chi connectivity index (χ3v) is 3.67. The molecule has 1 unspecified atom stereocenters. The smallest absolute Gasteiger partial charge is 0.0783 e. The summed E-state index contributed by atoms with van der Waals surface area (Å²) in [5, 5.41) is 0. The zero-order valence-corrected chi connectivity index (χ0v) is 9.09. The Morgan fingerprint density at radius 3 is 2.50 bits per heavy atom. The van der Waals surface area contributed by atoms with E-state index in [1.165, 1.54) is 44.9 Å². The Morgan fingerprint density at radius 1 is 1.14 bits per heavy atom. The quantitative estimate of drug-likeness (QED) is 0.652. The summed E-state index contributed by atoms with van der Waals surface area (Å²) in [7, 11) is 1.84. The molecule has 2 heteroatoms. The van der Waals surface area contributed by atoms with Crippen molar-refractivity contribution in [1.82, 2.24) is 0 Å². The Labute approximate surface area is 86.5 Å². The van der Waals surface area contributed by atoms with Crippen LogP contribution in [0.3, 0.4) is 0 Å². The van der Waals surface area contributed by atoms with Gasteiger partial charge in [-0.15, -0.1) is 0 Å². The zero-order chi connectivity index (χ0) is 9.97. The molecule has 0 radical (unpaired) electrons. The van der Waals surface area contributed by atoms with Crippen molar-refractivity contribution < 1.29 is 4.74 Å². The lowest BCUT2D eigenvalue weighted by molar-refractivity contribution is 0.135. The molecule has 80 valence electrons. The average Bonchev–Trinajstić information content (AvgIpc) is 2.67. The Bertz CT molecular complexity index is 224. The summed E-state index contributed by atoms with van der Waals surface area (Å²) >= 11 is 0. The van der Waals surface area contributed by atoms with E-state index in [1.54, 1.807) is 11.1 Å². The van der Waals surface area contributed by atoms with Gasteiger partial charge in [0.15, 0.2) is 0 Å². The van der Waals surface area contributed by atoms with Gasteiger partial charge in [0.1, 0.15) is 0 Å². The van der Waals surface area contributed by atoms with Crippen molar-refractivity contribution in [3.63, 3.8) is 0 Å². The lowest BCUT2D eigenvalue weighted by Gasteiger charge is -2.24. The van der Waals surface area contributed by atoms with Crippen molar-refractivity contribution in [3.05, 3.63) is 11.1 Å². The highest BCUT2D eigenvalue weighted by Crippen LogP contribution is 2.35. The fourth-order valence-corrected chi connectivity index (χ4v) is 2.79. The molecule has 1 atom stereocenters. The number of rotatable bonds is 1. The molecule has 0 saturated heterocycles. The van der Waals surface area contributed by atoms with Gasteiger partial charge < -0.3 is 10.5 Å². The van der Waals surface area contributed by atoms with Gasteiger partial charge in [0.25, 0.3) is 0 Å². The Morgan fingerprint density at radius 2 is 1.86 bits per heavy atom. The first-order chi connectivity index (χ1) is 6.81. The van der Waals surface area contributed by atoms with Crippen LogP contribution in [-0.4, -0.2) is 19.3 Å². The predicted molar refractivity (Wildman–Crippen MR) is 58.1 cm³/mol. The molecule has 2 nitrogen and oxygen atoms in total. The van der Waals surface area contributed by atoms with Crippen LogP contribution in [0.15, 0.2) is 11.1 Å². The number of allylic oxidation sites excluding steroid dienone is 1. The molecule has 0 spiro atoms. The van der Waals surface area contributed by atoms with E-state index >= 15 is 0 Å². The third-order valence-electron chi connectivity index (χ3n) is 3.67. The van der Waals surface area contributed by atoms with Crippen LogP contribution >= 0.6 is 0 Å². The largest absolute Gasteiger partial charge is 0.377 e. The molecule has 2 aliphatic rings. The fourth-order valence-electron chi connectivity index (χ4n) is 2.79. The van der Waals surface area contributed by atoms with E-state index in [4.69, 9.17) is 10.5 Å². The summed E-state index contributed by atoms with van der Waals surface area (Å²) in [6.45, 7) is 0. The zero-order valence-electron chi connectivity index (χ0n) is 9.09. The maximum Gasteiger partial charge on any atom is 0.0783 e. The van der Waals surface area contributed by atoms with Crippen molar-refractivity contribution >= 4 is 0 Å². The fraction of sp³-hybridized carbons (Fsp3) is 0.833. The van der Waals surface area contributed by atoms with E-state index < -0.39 is 0 Å². The topological polar surface area (TPSA) is 35.2 Å². The van der Waals surface area contributed by atoms with Crippen LogP contribution in [-0.2, 0) is 4.74 Å². The molecule has 2 rings (SSSR count). The number of hydrogen-bond acceptors (Lipinski definition) is 2. The summed E-state index contributed by atoms with van der Waals surface area (Å²) in [6.07, 6.45) is 9.02. The molecule has 2 aliphatic carbocycles. The normalized spacial score (nSPS) is 33.9. The van der Waals surface area contributed by atoms with Crippen LogP contribution < -0.4 is 5.73 Å². The molecule has 0 aromatic rings. The van der Waals surface area contributed by atoms with Gasteiger partial charge in [0, 0.05) is 13.2 Å². The summed E-state index contributed by atoms with van der Waals surface area (Å²) in [4.78, 5) is 0. The summed E-state index contributed by atoms with van der Waals surface area (Å²) < 4.78 is 5.51. The van der Waals surface area contributed by atoms with Crippen LogP contribution in [0.4, 0.5) is 0 Å². The van der Waals surface area contributed by atoms with Crippen LogP contribution in [0.25, 0.3) is 0 Å². The van der Waals surface area contributed by atoms with E-state index in [0.29, 0.717) is 12.1 Å². The molecule has 14 heavy (non-hydrogen) atoms. The van der Waals surface area contributed by atoms with Crippen molar-refractivity contribution in [2.45, 2.75) is 57.1 Å². The van der Waals surface area contributed by atoms with Gasteiger partial charge in [0.2, 0.25) is 0 Å². The minimum absolute atomic E-state index is 0.430. The molecule has 0 heterocycles. The first-order valence-electron chi connectivity index (χ1n) is 5.80. The summed E-state index contributed by atoms with van der Waals surface area (Å²) in [6, 6.07) is 0.446. The molecule has 2 N–H and O–H groups in total. The van der Waals surface area contributed by atoms with Crippen molar-refractivity contribution in [3.8, 4) is 0 Å². The molecular weight excluding hydrogens is 174 g/mol. The van der Waals surface area contributed by atoms with E-state index in [1.807, 2.05) is 7.11 Å². The van der Waals surface area contributed by atoms with Crippen molar-refractivity contribution in [1.29, 1.82) is 0 Å². The lowest BCUT2D eigenvalue weighted by atomic mass is 9.87. The lowest BCUT2D eigenvalue weighted by Crippen LogP contribution is -2.24. The minimum atomic E-state index is 0.430. The summed E-state index contributed by atoms with van der Waals surface area (Å²) in [5.74, 6) is 0. The molecular formula is C12H21NO. The number of methoxy groups -OCH3 is 1. The van der Waals surface area contributed by atoms with Crippen LogP contribution in [0, 0.1) is 0 Å². The first-order valence-corrected chi connectivity index (χ1v) is 5.80. The highest BCUT2D eigenvalue weighted by Gasteiger charge is 2.25. The van der Waals surface area contributed by atoms with Gasteiger partial charge >= 0.3 is 0 Å². The third kappa shape index (κ3) is 2.01. The van der Waals surface area contributed by atoms with Gasteiger partial charge in [0.05, 0.1) is 6.10 Å². The Hall–Kier alpha value is -0.340. The molecule has 2 fully saturated rings. The maximum absolute atomic E-state index is 5.91. The van der Waals surface area contributed by atoms with Gasteiger partial charge in [-0.25, -0.2) is 0 Å². The molecule has 2 saturated carbocycles. The second kappa shape index (κ2) is 4.45. The van der Waals surface area contributed by atoms with Crippen LogP contribution in [0.1, 0.15) is 44.9 Å². The SMILES string of the molecule is COC1CCCC1=C1CCC(N)CC1. The summed E-state index contributed by atoms with van der Waals surface area (Å²) in [5.41, 5.74) is 9.18. The number of hydrogen-bond donors (Lipinski definition) is 1. The first kappa shape index (κ1) is 10.2. The predicted octanol–water partition coefficient (Wildman–Crippen LogP) is 2.38. The standard InChI is InChI=1S/C12H21NO/c1-14-12-4-2-3-11(12)9-5-7-10(13)8-6-9/h10,12H,2-8,13H2,1H3. The minimum Gasteiger partial charge on any atom is -0.377 e. The monoisotopic (exact) mass is 195 g/mol. The molecule has 0 aromatic carbocycles. The maximum atomic E-state index is 5.91. The van der Waals surface area contributed by atoms with Crippen molar-refractivity contribution in [2.75, 3.05) is 7.11 Å². The molecule has 0 bridgehead atoms. The molecule has 0 aliphatic heterocycles. The second-order valence-corrected chi connectivity index (χ2v) is 4.58. The molecule has 0 aromatic heterocycles. The highest BCUT2D eigenvalue weighted by molar-refractivity contribution is 5.23. The van der Waals surface area contributed by atoms with E-state index in [2.05, 4.69) is 0 Å². The number of ether oxygens (including phenoxy) is 1. The van der Waals surface area contributed by atoms with Crippen LogP contribution in [0.2, 0.25) is 0 Å². The van der Waals surface area contributed by atoms with Gasteiger partial charge in [-0.1, -0.05) is 5.57 Å². The Balaban J connectivity index is 2.06. The van der Waals surface area contributed by atoms with E-state index in [-0.39, 0.29) is 0 Å².